The van der Waals surface area contributed by atoms with Gasteiger partial charge in [0.2, 0.25) is 0 Å². The van der Waals surface area contributed by atoms with Gasteiger partial charge >= 0.3 is 0 Å². The van der Waals surface area contributed by atoms with Crippen LogP contribution in [0.25, 0.3) is 0 Å². The maximum absolute atomic E-state index is 10.8. The predicted octanol–water partition coefficient (Wildman–Crippen LogP) is 6.43. The van der Waals surface area contributed by atoms with Crippen LogP contribution in [0, 0.1) is 11.8 Å². The smallest absolute Gasteiger partial charge is 0.193 e. The number of benzene rings is 1. The highest BCUT2D eigenvalue weighted by Gasteiger charge is 2.42. The fourth-order valence-electron chi connectivity index (χ4n) is 3.78. The minimum absolute atomic E-state index is 0.161. The molecule has 192 valence electrons. The molecule has 1 aliphatic heterocycles. The van der Waals surface area contributed by atoms with Crippen molar-refractivity contribution in [3.63, 3.8) is 0 Å². The van der Waals surface area contributed by atoms with Crippen molar-refractivity contribution in [2.24, 2.45) is 0 Å². The largest absolute Gasteiger partial charge is 0.413 e. The van der Waals surface area contributed by atoms with Crippen LogP contribution < -0.4 is 0 Å². The highest BCUT2D eigenvalue weighted by molar-refractivity contribution is 6.74. The van der Waals surface area contributed by atoms with Crippen LogP contribution in [-0.2, 0) is 15.4 Å². The Morgan fingerprint density at radius 2 is 1.59 bits per heavy atom. The van der Waals surface area contributed by atoms with Crippen molar-refractivity contribution in [1.82, 2.24) is 4.90 Å². The average molecular weight is 504 g/mol. The molecule has 0 spiro atoms. The number of hydrogen-bond acceptors (Lipinski definition) is 4. The van der Waals surface area contributed by atoms with Crippen LogP contribution in [0.3, 0.4) is 0 Å². The van der Waals surface area contributed by atoms with E-state index in [1.54, 1.807) is 0 Å². The molecular weight excluding hydrogens is 454 g/mol. The van der Waals surface area contributed by atoms with Crippen LogP contribution in [0.1, 0.15) is 59.9 Å². The van der Waals surface area contributed by atoms with E-state index in [9.17, 15) is 5.11 Å². The molecule has 0 aromatic heterocycles. The summed E-state index contributed by atoms with van der Waals surface area (Å²) in [5.41, 5.74) is 1.30. The summed E-state index contributed by atoms with van der Waals surface area (Å²) in [5, 5.41) is 11.1. The van der Waals surface area contributed by atoms with Gasteiger partial charge < -0.3 is 14.0 Å². The normalized spacial score (nSPS) is 21.3. The lowest BCUT2D eigenvalue weighted by molar-refractivity contribution is 0.152. The van der Waals surface area contributed by atoms with Gasteiger partial charge in [-0.2, -0.15) is 0 Å². The summed E-state index contributed by atoms with van der Waals surface area (Å²) in [6, 6.07) is 10.8. The summed E-state index contributed by atoms with van der Waals surface area (Å²) in [7, 11) is -3.67. The summed E-state index contributed by atoms with van der Waals surface area (Å²) in [6.45, 7) is 24.8. The summed E-state index contributed by atoms with van der Waals surface area (Å²) < 4.78 is 12.9. The first kappa shape index (κ1) is 29.3. The maximum Gasteiger partial charge on any atom is 0.193 e. The lowest BCUT2D eigenvalue weighted by atomic mass is 10.1. The molecule has 1 unspecified atom stereocenters. The molecule has 3 atom stereocenters. The number of nitrogens with zero attached hydrogens (tertiary/aromatic N) is 1. The van der Waals surface area contributed by atoms with Crippen LogP contribution in [0.2, 0.25) is 36.3 Å². The van der Waals surface area contributed by atoms with Crippen molar-refractivity contribution in [1.29, 1.82) is 0 Å². The van der Waals surface area contributed by atoms with Gasteiger partial charge in [-0.05, 0) is 48.2 Å². The Kier molecular flexibility index (Phi) is 9.83. The van der Waals surface area contributed by atoms with E-state index in [1.807, 2.05) is 0 Å². The molecule has 0 amide bonds. The standard InChI is InChI=1S/C28H49NO3Si2/c1-27(2,3)33(7,8)31-18-14-17-25(30)19-24-20-26(32-34(9,10)28(4,5)6)22-29(24)21-23-15-12-11-13-16-23/h11-13,15-16,24-26,30H,18-22H2,1-10H3/t24-,25?,26+/m0/s1. The van der Waals surface area contributed by atoms with Gasteiger partial charge in [-0.1, -0.05) is 83.7 Å². The summed E-state index contributed by atoms with van der Waals surface area (Å²) >= 11 is 0. The zero-order valence-corrected chi connectivity index (χ0v) is 25.4. The number of aliphatic hydroxyl groups excluding tert-OH is 1. The monoisotopic (exact) mass is 503 g/mol. The predicted molar refractivity (Wildman–Crippen MR) is 149 cm³/mol. The minimum atomic E-state index is -1.85. The van der Waals surface area contributed by atoms with Crippen molar-refractivity contribution < 1.29 is 14.0 Å². The molecule has 0 radical (unpaired) electrons. The van der Waals surface area contributed by atoms with Gasteiger partial charge in [-0.15, -0.1) is 0 Å². The van der Waals surface area contributed by atoms with Gasteiger partial charge in [-0.25, -0.2) is 0 Å². The quantitative estimate of drug-likeness (QED) is 0.328. The van der Waals surface area contributed by atoms with Gasteiger partial charge in [0.1, 0.15) is 6.10 Å². The Labute approximate surface area is 211 Å². The van der Waals surface area contributed by atoms with Crippen molar-refractivity contribution >= 4 is 16.6 Å². The molecule has 1 heterocycles. The second-order valence-electron chi connectivity index (χ2n) is 12.9. The first-order valence-electron chi connectivity index (χ1n) is 12.8. The van der Waals surface area contributed by atoms with Gasteiger partial charge in [0, 0.05) is 25.6 Å². The SMILES string of the molecule is CC(C)(C)[Si](C)(C)OCC#CC(O)C[C@H]1C[C@@H](O[Si](C)(C)C(C)(C)C)CN1Cc1ccccc1. The fraction of sp³-hybridized carbons (Fsp3) is 0.714. The lowest BCUT2D eigenvalue weighted by Crippen LogP contribution is -2.44. The van der Waals surface area contributed by atoms with Crippen molar-refractivity contribution in [3.05, 3.63) is 35.9 Å². The molecule has 1 saturated heterocycles. The average Bonchev–Trinajstić information content (AvgIpc) is 3.04. The van der Waals surface area contributed by atoms with E-state index in [0.29, 0.717) is 13.0 Å². The number of aliphatic hydroxyl groups is 1. The third-order valence-corrected chi connectivity index (χ3v) is 17.1. The Morgan fingerprint density at radius 3 is 2.15 bits per heavy atom. The van der Waals surface area contributed by atoms with Crippen LogP contribution >= 0.6 is 0 Å². The third-order valence-electron chi connectivity index (χ3n) is 8.06. The van der Waals surface area contributed by atoms with E-state index >= 15 is 0 Å². The summed E-state index contributed by atoms with van der Waals surface area (Å²) in [4.78, 5) is 2.48. The van der Waals surface area contributed by atoms with Crippen LogP contribution in [0.15, 0.2) is 30.3 Å². The van der Waals surface area contributed by atoms with E-state index in [0.717, 1.165) is 19.5 Å². The van der Waals surface area contributed by atoms with Crippen LogP contribution in [-0.4, -0.2) is 58.0 Å². The van der Waals surface area contributed by atoms with E-state index in [4.69, 9.17) is 8.85 Å². The Morgan fingerprint density at radius 1 is 1.00 bits per heavy atom. The Hall–Kier alpha value is -0.946. The molecule has 4 nitrogen and oxygen atoms in total. The highest BCUT2D eigenvalue weighted by Crippen LogP contribution is 2.39. The lowest BCUT2D eigenvalue weighted by Gasteiger charge is -2.38. The second kappa shape index (κ2) is 11.4. The molecule has 1 aromatic rings. The summed E-state index contributed by atoms with van der Waals surface area (Å²) in [6.07, 6.45) is 1.13. The zero-order valence-electron chi connectivity index (χ0n) is 23.4. The molecule has 0 saturated carbocycles. The van der Waals surface area contributed by atoms with Gasteiger partial charge in [0.25, 0.3) is 0 Å². The molecule has 1 aromatic carbocycles. The van der Waals surface area contributed by atoms with Crippen LogP contribution in [0.4, 0.5) is 0 Å². The first-order chi connectivity index (χ1) is 15.5. The molecular formula is C28H49NO3Si2. The first-order valence-corrected chi connectivity index (χ1v) is 18.6. The second-order valence-corrected chi connectivity index (χ2v) is 22.5. The Balaban J connectivity index is 2.04. The maximum atomic E-state index is 10.8. The van der Waals surface area contributed by atoms with E-state index in [2.05, 4.69) is 115 Å². The molecule has 1 fully saturated rings. The molecule has 1 N–H and O–H groups in total. The number of hydrogen-bond donors (Lipinski definition) is 1. The van der Waals surface area contributed by atoms with Crippen LogP contribution in [0.5, 0.6) is 0 Å². The van der Waals surface area contributed by atoms with Gasteiger partial charge in [-0.3, -0.25) is 4.90 Å². The van der Waals surface area contributed by atoms with Crippen molar-refractivity contribution in [2.75, 3.05) is 13.2 Å². The molecule has 0 aliphatic carbocycles. The molecule has 2 rings (SSSR count). The fourth-order valence-corrected chi connectivity index (χ4v) is 6.01. The molecule has 1 aliphatic rings. The highest BCUT2D eigenvalue weighted by atomic mass is 28.4. The summed E-state index contributed by atoms with van der Waals surface area (Å²) in [5.74, 6) is 6.14. The topological polar surface area (TPSA) is 41.9 Å². The van der Waals surface area contributed by atoms with E-state index in [-0.39, 0.29) is 22.2 Å². The van der Waals surface area contributed by atoms with E-state index < -0.39 is 22.7 Å². The Bertz CT molecular complexity index is 831. The molecule has 6 heteroatoms. The van der Waals surface area contributed by atoms with Gasteiger partial charge in [0.15, 0.2) is 16.6 Å². The van der Waals surface area contributed by atoms with E-state index in [1.165, 1.54) is 5.56 Å². The third kappa shape index (κ3) is 8.32. The van der Waals surface area contributed by atoms with Crippen molar-refractivity contribution in [2.45, 2.75) is 115 Å². The zero-order chi connectivity index (χ0) is 25.8. The van der Waals surface area contributed by atoms with Crippen molar-refractivity contribution in [3.8, 4) is 11.8 Å². The van der Waals surface area contributed by atoms with Gasteiger partial charge in [0.05, 0.1) is 12.7 Å². The number of rotatable bonds is 8. The minimum Gasteiger partial charge on any atom is -0.413 e. The number of likely N-dealkylation sites (tertiary alicyclic amines) is 1. The molecule has 34 heavy (non-hydrogen) atoms. The molecule has 0 bridgehead atoms.